The van der Waals surface area contributed by atoms with Crippen LogP contribution in [0.1, 0.15) is 24.5 Å². The molecule has 1 unspecified atom stereocenters. The number of pyridine rings is 1. The maximum atomic E-state index is 13.1. The van der Waals surface area contributed by atoms with Gasteiger partial charge in [-0.25, -0.2) is 0 Å². The van der Waals surface area contributed by atoms with Crippen LogP contribution in [0.4, 0.5) is 0 Å². The van der Waals surface area contributed by atoms with Gasteiger partial charge in [-0.05, 0) is 37.0 Å². The standard InChI is InChI=1S/C23H29N3O3/c1-18(15-29-2)25-22(28)23(13-19-7-4-3-5-8-19)16-26(17-23)21(27)11-10-20-9-6-12-24-14-20/h3-9,12,14,18H,10-11,13,15-17H2,1-2H3,(H,25,28). The Balaban J connectivity index is 1.63. The fourth-order valence-electron chi connectivity index (χ4n) is 3.81. The topological polar surface area (TPSA) is 71.5 Å². The number of carbonyl (C=O) groups is 2. The Labute approximate surface area is 172 Å². The van der Waals surface area contributed by atoms with Crippen LogP contribution in [0.2, 0.25) is 0 Å². The third-order valence-corrected chi connectivity index (χ3v) is 5.35. The second kappa shape index (κ2) is 9.65. The molecule has 1 aromatic carbocycles. The molecule has 1 fully saturated rings. The van der Waals surface area contributed by atoms with Crippen molar-refractivity contribution < 1.29 is 14.3 Å². The molecule has 2 heterocycles. The minimum absolute atomic E-state index is 0.0118. The second-order valence-electron chi connectivity index (χ2n) is 7.88. The third-order valence-electron chi connectivity index (χ3n) is 5.35. The SMILES string of the molecule is COCC(C)NC(=O)C1(Cc2ccccc2)CN(C(=O)CCc2cccnc2)C1. The largest absolute Gasteiger partial charge is 0.383 e. The lowest BCUT2D eigenvalue weighted by Crippen LogP contribution is -2.66. The molecule has 3 rings (SSSR count). The summed E-state index contributed by atoms with van der Waals surface area (Å²) in [4.78, 5) is 31.6. The van der Waals surface area contributed by atoms with Gasteiger partial charge in [0, 0.05) is 45.1 Å². The number of aryl methyl sites for hydroxylation is 1. The van der Waals surface area contributed by atoms with E-state index in [0.717, 1.165) is 11.1 Å². The lowest BCUT2D eigenvalue weighted by molar-refractivity contribution is -0.154. The molecule has 1 aliphatic rings. The Morgan fingerprint density at radius 1 is 1.17 bits per heavy atom. The number of hydrogen-bond acceptors (Lipinski definition) is 4. The summed E-state index contributed by atoms with van der Waals surface area (Å²) in [5.74, 6) is 0.0671. The Morgan fingerprint density at radius 3 is 2.55 bits per heavy atom. The quantitative estimate of drug-likeness (QED) is 0.707. The number of likely N-dealkylation sites (tertiary alicyclic amines) is 1. The van der Waals surface area contributed by atoms with Crippen molar-refractivity contribution in [3.8, 4) is 0 Å². The first-order chi connectivity index (χ1) is 14.0. The number of rotatable bonds is 9. The van der Waals surface area contributed by atoms with Crippen molar-refractivity contribution in [1.82, 2.24) is 15.2 Å². The van der Waals surface area contributed by atoms with E-state index in [4.69, 9.17) is 4.74 Å². The monoisotopic (exact) mass is 395 g/mol. The highest BCUT2D eigenvalue weighted by molar-refractivity contribution is 5.88. The number of hydrogen-bond donors (Lipinski definition) is 1. The van der Waals surface area contributed by atoms with Crippen molar-refractivity contribution in [1.29, 1.82) is 0 Å². The van der Waals surface area contributed by atoms with Crippen LogP contribution in [0.3, 0.4) is 0 Å². The number of methoxy groups -OCH3 is 1. The molecule has 29 heavy (non-hydrogen) atoms. The summed E-state index contributed by atoms with van der Waals surface area (Å²) in [5, 5.41) is 3.05. The molecule has 1 N–H and O–H groups in total. The highest BCUT2D eigenvalue weighted by Gasteiger charge is 2.50. The smallest absolute Gasteiger partial charge is 0.230 e. The van der Waals surface area contributed by atoms with E-state index in [1.807, 2.05) is 49.4 Å². The average Bonchev–Trinajstić information content (AvgIpc) is 2.70. The van der Waals surface area contributed by atoms with Gasteiger partial charge in [-0.1, -0.05) is 36.4 Å². The molecule has 2 aromatic rings. The van der Waals surface area contributed by atoms with Gasteiger partial charge in [-0.2, -0.15) is 0 Å². The first kappa shape index (κ1) is 21.0. The van der Waals surface area contributed by atoms with Crippen LogP contribution in [0.5, 0.6) is 0 Å². The maximum Gasteiger partial charge on any atom is 0.230 e. The van der Waals surface area contributed by atoms with Gasteiger partial charge in [0.2, 0.25) is 11.8 Å². The summed E-state index contributed by atoms with van der Waals surface area (Å²) in [6.45, 7) is 3.27. The second-order valence-corrected chi connectivity index (χ2v) is 7.88. The number of nitrogens with one attached hydrogen (secondary N) is 1. The summed E-state index contributed by atoms with van der Waals surface area (Å²) in [6, 6.07) is 13.7. The van der Waals surface area contributed by atoms with Gasteiger partial charge in [-0.15, -0.1) is 0 Å². The molecule has 0 saturated carbocycles. The minimum atomic E-state index is -0.590. The number of ether oxygens (including phenoxy) is 1. The van der Waals surface area contributed by atoms with Gasteiger partial charge in [0.1, 0.15) is 0 Å². The first-order valence-corrected chi connectivity index (χ1v) is 10.0. The molecule has 1 atom stereocenters. The predicted octanol–water partition coefficient (Wildman–Crippen LogP) is 2.24. The molecule has 1 aliphatic heterocycles. The minimum Gasteiger partial charge on any atom is -0.383 e. The summed E-state index contributed by atoms with van der Waals surface area (Å²) < 4.78 is 5.14. The van der Waals surface area contributed by atoms with Crippen LogP contribution >= 0.6 is 0 Å². The molecule has 0 radical (unpaired) electrons. The number of benzene rings is 1. The summed E-state index contributed by atoms with van der Waals surface area (Å²) >= 11 is 0. The van der Waals surface area contributed by atoms with E-state index < -0.39 is 5.41 Å². The normalized spacial score (nSPS) is 16.0. The van der Waals surface area contributed by atoms with Crippen molar-refractivity contribution in [2.24, 2.45) is 5.41 Å². The molecule has 0 bridgehead atoms. The van der Waals surface area contributed by atoms with E-state index >= 15 is 0 Å². The Hall–Kier alpha value is -2.73. The number of aromatic nitrogens is 1. The Morgan fingerprint density at radius 2 is 1.90 bits per heavy atom. The molecular formula is C23H29N3O3. The van der Waals surface area contributed by atoms with Gasteiger partial charge in [0.15, 0.2) is 0 Å². The zero-order chi connectivity index (χ0) is 20.7. The van der Waals surface area contributed by atoms with Crippen LogP contribution < -0.4 is 5.32 Å². The van der Waals surface area contributed by atoms with Gasteiger partial charge < -0.3 is 15.0 Å². The van der Waals surface area contributed by atoms with Crippen molar-refractivity contribution in [3.63, 3.8) is 0 Å². The summed E-state index contributed by atoms with van der Waals surface area (Å²) in [5.41, 5.74) is 1.56. The van der Waals surface area contributed by atoms with E-state index in [2.05, 4.69) is 10.3 Å². The van der Waals surface area contributed by atoms with Crippen molar-refractivity contribution >= 4 is 11.8 Å². The molecule has 6 heteroatoms. The van der Waals surface area contributed by atoms with Gasteiger partial charge in [-0.3, -0.25) is 14.6 Å². The summed E-state index contributed by atoms with van der Waals surface area (Å²) in [7, 11) is 1.62. The van der Waals surface area contributed by atoms with Crippen LogP contribution in [0.15, 0.2) is 54.9 Å². The molecule has 0 spiro atoms. The molecule has 1 saturated heterocycles. The lowest BCUT2D eigenvalue weighted by Gasteiger charge is -2.49. The lowest BCUT2D eigenvalue weighted by atomic mass is 9.73. The molecular weight excluding hydrogens is 366 g/mol. The predicted molar refractivity (Wildman–Crippen MR) is 111 cm³/mol. The van der Waals surface area contributed by atoms with Gasteiger partial charge in [0.05, 0.1) is 12.0 Å². The molecule has 154 valence electrons. The number of amides is 2. The average molecular weight is 396 g/mol. The van der Waals surface area contributed by atoms with Crippen LogP contribution in [0, 0.1) is 5.41 Å². The molecule has 6 nitrogen and oxygen atoms in total. The van der Waals surface area contributed by atoms with Crippen molar-refractivity contribution in [2.45, 2.75) is 32.2 Å². The third kappa shape index (κ3) is 5.41. The van der Waals surface area contributed by atoms with E-state index in [0.29, 0.717) is 39.0 Å². The molecule has 1 aromatic heterocycles. The van der Waals surface area contributed by atoms with Crippen molar-refractivity contribution in [3.05, 3.63) is 66.0 Å². The zero-order valence-electron chi connectivity index (χ0n) is 17.1. The first-order valence-electron chi connectivity index (χ1n) is 10.0. The van der Waals surface area contributed by atoms with E-state index in [-0.39, 0.29) is 17.9 Å². The van der Waals surface area contributed by atoms with Crippen molar-refractivity contribution in [2.75, 3.05) is 26.8 Å². The number of carbonyl (C=O) groups excluding carboxylic acids is 2. The Kier molecular flexibility index (Phi) is 6.99. The summed E-state index contributed by atoms with van der Waals surface area (Å²) in [6.07, 6.45) is 5.21. The van der Waals surface area contributed by atoms with E-state index in [1.54, 1.807) is 24.4 Å². The maximum absolute atomic E-state index is 13.1. The van der Waals surface area contributed by atoms with Crippen LogP contribution in [-0.4, -0.2) is 54.5 Å². The fraction of sp³-hybridized carbons (Fsp3) is 0.435. The highest BCUT2D eigenvalue weighted by atomic mass is 16.5. The zero-order valence-corrected chi connectivity index (χ0v) is 17.1. The van der Waals surface area contributed by atoms with Gasteiger partial charge in [0.25, 0.3) is 0 Å². The van der Waals surface area contributed by atoms with Gasteiger partial charge >= 0.3 is 0 Å². The van der Waals surface area contributed by atoms with E-state index in [9.17, 15) is 9.59 Å². The fourth-order valence-corrected chi connectivity index (χ4v) is 3.81. The van der Waals surface area contributed by atoms with Crippen LogP contribution in [-0.2, 0) is 27.2 Å². The Bertz CT molecular complexity index is 805. The van der Waals surface area contributed by atoms with E-state index in [1.165, 1.54) is 0 Å². The molecule has 0 aliphatic carbocycles. The van der Waals surface area contributed by atoms with Crippen LogP contribution in [0.25, 0.3) is 0 Å². The number of nitrogens with zero attached hydrogens (tertiary/aromatic N) is 2. The highest BCUT2D eigenvalue weighted by Crippen LogP contribution is 2.35. The molecule has 2 amide bonds.